The van der Waals surface area contributed by atoms with Gasteiger partial charge < -0.3 is 0 Å². The van der Waals surface area contributed by atoms with Crippen LogP contribution in [-0.2, 0) is 5.75 Å². The monoisotopic (exact) mass is 359 g/mol. The Kier molecular flexibility index (Phi) is 4.17. The molecule has 0 saturated heterocycles. The van der Waals surface area contributed by atoms with Crippen LogP contribution in [0, 0.1) is 0 Å². The molecule has 11 heteroatoms. The number of fused-ring (bicyclic) bond motifs is 1. The standard InChI is InChI=1S/C13H13N9S2/c1-2-23-13-17-15-10(21(13)9-6-4-3-5-7-9)8-24-12-14-11-16-19-20-22(11)18-12/h3-7H,2,8H2,1H3,(H,14,16,18,20). The Morgan fingerprint density at radius 3 is 2.75 bits per heavy atom. The van der Waals surface area contributed by atoms with E-state index >= 15 is 0 Å². The summed E-state index contributed by atoms with van der Waals surface area (Å²) in [4.78, 5) is 4.28. The SMILES string of the molecule is CCSc1nnc(CSc2nc3nn[nH]n3n2)n1-c1ccccc1. The lowest BCUT2D eigenvalue weighted by atomic mass is 10.3. The van der Waals surface area contributed by atoms with E-state index in [2.05, 4.69) is 47.3 Å². The van der Waals surface area contributed by atoms with Gasteiger partial charge in [-0.05, 0) is 23.1 Å². The number of aromatic amines is 1. The van der Waals surface area contributed by atoms with Crippen molar-refractivity contribution >= 4 is 29.3 Å². The van der Waals surface area contributed by atoms with Gasteiger partial charge in [0, 0.05) is 5.69 Å². The summed E-state index contributed by atoms with van der Waals surface area (Å²) in [5, 5.41) is 24.5. The molecule has 0 bridgehead atoms. The molecule has 0 saturated carbocycles. The van der Waals surface area contributed by atoms with Crippen molar-refractivity contribution in [1.82, 2.24) is 45.0 Å². The van der Waals surface area contributed by atoms with E-state index < -0.39 is 0 Å². The van der Waals surface area contributed by atoms with Crippen LogP contribution < -0.4 is 0 Å². The number of tetrazole rings is 1. The van der Waals surface area contributed by atoms with Crippen LogP contribution >= 0.6 is 23.5 Å². The van der Waals surface area contributed by atoms with Crippen molar-refractivity contribution in [2.24, 2.45) is 0 Å². The number of benzene rings is 1. The van der Waals surface area contributed by atoms with Gasteiger partial charge in [0.15, 0.2) is 5.16 Å². The maximum Gasteiger partial charge on any atom is 0.291 e. The van der Waals surface area contributed by atoms with Crippen LogP contribution in [0.5, 0.6) is 0 Å². The van der Waals surface area contributed by atoms with Gasteiger partial charge in [0.1, 0.15) is 5.82 Å². The summed E-state index contributed by atoms with van der Waals surface area (Å²) < 4.78 is 3.51. The Labute approximate surface area is 145 Å². The highest BCUT2D eigenvalue weighted by Crippen LogP contribution is 2.25. The van der Waals surface area contributed by atoms with Gasteiger partial charge in [-0.1, -0.05) is 53.7 Å². The maximum atomic E-state index is 4.34. The van der Waals surface area contributed by atoms with E-state index in [-0.39, 0.29) is 0 Å². The van der Waals surface area contributed by atoms with Gasteiger partial charge in [0.05, 0.1) is 5.75 Å². The van der Waals surface area contributed by atoms with Crippen LogP contribution in [0.25, 0.3) is 11.5 Å². The topological polar surface area (TPSA) is 102 Å². The number of rotatable bonds is 6. The second-order valence-electron chi connectivity index (χ2n) is 4.70. The molecule has 0 aliphatic rings. The molecule has 4 rings (SSSR count). The predicted molar refractivity (Wildman–Crippen MR) is 90.2 cm³/mol. The number of aromatic nitrogens is 9. The Balaban J connectivity index is 1.61. The molecular formula is C13H13N9S2. The van der Waals surface area contributed by atoms with Crippen LogP contribution in [0.2, 0.25) is 0 Å². The molecule has 0 amide bonds. The van der Waals surface area contributed by atoms with E-state index in [1.807, 2.05) is 30.3 Å². The van der Waals surface area contributed by atoms with Gasteiger partial charge in [-0.3, -0.25) is 4.57 Å². The fraction of sp³-hybridized carbons (Fsp3) is 0.231. The number of thioether (sulfide) groups is 2. The van der Waals surface area contributed by atoms with E-state index in [1.165, 1.54) is 16.4 Å². The van der Waals surface area contributed by atoms with Gasteiger partial charge in [0.25, 0.3) is 5.78 Å². The smallest absolute Gasteiger partial charge is 0.273 e. The van der Waals surface area contributed by atoms with Crippen molar-refractivity contribution in [2.45, 2.75) is 23.0 Å². The largest absolute Gasteiger partial charge is 0.291 e. The lowest BCUT2D eigenvalue weighted by molar-refractivity contribution is 0.715. The van der Waals surface area contributed by atoms with Gasteiger partial charge in [-0.2, -0.15) is 10.2 Å². The number of hydrogen-bond acceptors (Lipinski definition) is 8. The van der Waals surface area contributed by atoms with E-state index in [9.17, 15) is 0 Å². The lowest BCUT2D eigenvalue weighted by Crippen LogP contribution is -2.02. The van der Waals surface area contributed by atoms with Crippen LogP contribution in [0.15, 0.2) is 40.6 Å². The first-order valence-electron chi connectivity index (χ1n) is 7.24. The fourth-order valence-electron chi connectivity index (χ4n) is 2.17. The first-order chi connectivity index (χ1) is 11.8. The normalized spacial score (nSPS) is 11.4. The first-order valence-corrected chi connectivity index (χ1v) is 9.21. The van der Waals surface area contributed by atoms with Gasteiger partial charge >= 0.3 is 0 Å². The molecule has 24 heavy (non-hydrogen) atoms. The molecule has 0 radical (unpaired) electrons. The third-order valence-corrected chi connectivity index (χ3v) is 4.81. The summed E-state index contributed by atoms with van der Waals surface area (Å²) in [7, 11) is 0. The zero-order valence-electron chi connectivity index (χ0n) is 12.7. The van der Waals surface area contributed by atoms with Crippen LogP contribution in [-0.4, -0.2) is 50.8 Å². The van der Waals surface area contributed by atoms with Crippen LogP contribution in [0.3, 0.4) is 0 Å². The highest BCUT2D eigenvalue weighted by Gasteiger charge is 2.15. The molecule has 1 aromatic carbocycles. The maximum absolute atomic E-state index is 4.34. The third kappa shape index (κ3) is 2.87. The summed E-state index contributed by atoms with van der Waals surface area (Å²) in [5.74, 6) is 2.84. The molecule has 0 atom stereocenters. The van der Waals surface area contributed by atoms with E-state index in [0.717, 1.165) is 22.4 Å². The number of nitrogens with one attached hydrogen (secondary N) is 1. The van der Waals surface area contributed by atoms with Crippen molar-refractivity contribution in [1.29, 1.82) is 0 Å². The molecule has 4 aromatic rings. The first kappa shape index (κ1) is 15.1. The molecule has 1 N–H and O–H groups in total. The average Bonchev–Trinajstić information content (AvgIpc) is 3.28. The Morgan fingerprint density at radius 2 is 1.96 bits per heavy atom. The van der Waals surface area contributed by atoms with Crippen molar-refractivity contribution in [3.8, 4) is 5.69 Å². The zero-order chi connectivity index (χ0) is 16.4. The average molecular weight is 359 g/mol. The third-order valence-electron chi connectivity index (χ3n) is 3.17. The van der Waals surface area contributed by atoms with Crippen molar-refractivity contribution in [3.63, 3.8) is 0 Å². The minimum Gasteiger partial charge on any atom is -0.273 e. The fourth-order valence-corrected chi connectivity index (χ4v) is 3.60. The minimum absolute atomic E-state index is 0.448. The molecule has 0 fully saturated rings. The lowest BCUT2D eigenvalue weighted by Gasteiger charge is -2.08. The molecule has 0 aliphatic heterocycles. The summed E-state index contributed by atoms with van der Waals surface area (Å²) >= 11 is 3.15. The number of nitrogens with zero attached hydrogens (tertiary/aromatic N) is 8. The van der Waals surface area contributed by atoms with E-state index in [4.69, 9.17) is 0 Å². The Bertz CT molecular complexity index is 914. The molecule has 9 nitrogen and oxygen atoms in total. The quantitative estimate of drug-likeness (QED) is 0.520. The molecule has 3 aromatic heterocycles. The summed E-state index contributed by atoms with van der Waals surface area (Å²) in [6, 6.07) is 10.1. The summed E-state index contributed by atoms with van der Waals surface area (Å²) in [6.07, 6.45) is 0. The molecule has 0 aliphatic carbocycles. The predicted octanol–water partition coefficient (Wildman–Crippen LogP) is 1.83. The molecular weight excluding hydrogens is 346 g/mol. The minimum atomic E-state index is 0.448. The highest BCUT2D eigenvalue weighted by molar-refractivity contribution is 7.99. The summed E-state index contributed by atoms with van der Waals surface area (Å²) in [6.45, 7) is 2.10. The molecule has 0 spiro atoms. The van der Waals surface area contributed by atoms with Crippen LogP contribution in [0.1, 0.15) is 12.7 Å². The van der Waals surface area contributed by atoms with Gasteiger partial charge in [-0.25, -0.2) is 0 Å². The van der Waals surface area contributed by atoms with Crippen molar-refractivity contribution in [3.05, 3.63) is 36.2 Å². The zero-order valence-corrected chi connectivity index (χ0v) is 14.3. The van der Waals surface area contributed by atoms with Gasteiger partial charge in [0.2, 0.25) is 5.16 Å². The van der Waals surface area contributed by atoms with E-state index in [0.29, 0.717) is 16.7 Å². The Morgan fingerprint density at radius 1 is 1.08 bits per heavy atom. The number of hydrogen-bond donors (Lipinski definition) is 1. The Hall–Kier alpha value is -2.40. The second kappa shape index (κ2) is 6.61. The molecule has 122 valence electrons. The van der Waals surface area contributed by atoms with Crippen LogP contribution in [0.4, 0.5) is 0 Å². The van der Waals surface area contributed by atoms with Gasteiger partial charge in [-0.15, -0.1) is 19.9 Å². The van der Waals surface area contributed by atoms with Crippen molar-refractivity contribution < 1.29 is 0 Å². The van der Waals surface area contributed by atoms with Crippen molar-refractivity contribution in [2.75, 3.05) is 5.75 Å². The molecule has 0 unspecified atom stereocenters. The second-order valence-corrected chi connectivity index (χ2v) is 6.87. The molecule has 3 heterocycles. The highest BCUT2D eigenvalue weighted by atomic mass is 32.2. The number of H-pyrrole nitrogens is 1. The van der Waals surface area contributed by atoms with E-state index in [1.54, 1.807) is 11.8 Å². The number of para-hydroxylation sites is 1. The summed E-state index contributed by atoms with van der Waals surface area (Å²) in [5.41, 5.74) is 1.05.